The van der Waals surface area contributed by atoms with E-state index in [2.05, 4.69) is 12.6 Å². The van der Waals surface area contributed by atoms with Crippen LogP contribution in [-0.2, 0) is 6.42 Å². The van der Waals surface area contributed by atoms with Crippen molar-refractivity contribution in [2.24, 2.45) is 0 Å². The van der Waals surface area contributed by atoms with Gasteiger partial charge in [0.25, 0.3) is 0 Å². The van der Waals surface area contributed by atoms with Crippen LogP contribution in [0.25, 0.3) is 0 Å². The van der Waals surface area contributed by atoms with Gasteiger partial charge >= 0.3 is 0 Å². The molecule has 0 unspecified atom stereocenters. The number of nitrogens with zero attached hydrogens (tertiary/aromatic N) is 1. The summed E-state index contributed by atoms with van der Waals surface area (Å²) < 4.78 is 11.3. The molecule has 0 heterocycles. The molecule has 0 saturated heterocycles. The first-order valence-corrected chi connectivity index (χ1v) is 7.26. The molecule has 0 aliphatic rings. The van der Waals surface area contributed by atoms with Crippen LogP contribution in [0.3, 0.4) is 0 Å². The minimum absolute atomic E-state index is 0.346. The summed E-state index contributed by atoms with van der Waals surface area (Å²) in [4.78, 5) is 0. The fourth-order valence-corrected chi connectivity index (χ4v) is 2.16. The van der Waals surface area contributed by atoms with E-state index in [0.29, 0.717) is 29.5 Å². The zero-order valence-corrected chi connectivity index (χ0v) is 12.8. The quantitative estimate of drug-likeness (QED) is 0.562. The predicted octanol–water partition coefficient (Wildman–Crippen LogP) is 4.40. The van der Waals surface area contributed by atoms with Gasteiger partial charge in [-0.15, -0.1) is 6.58 Å². The molecular weight excluding hydrogens is 298 g/mol. The van der Waals surface area contributed by atoms with Crippen molar-refractivity contribution in [2.45, 2.75) is 6.42 Å². The number of rotatable bonds is 7. The third-order valence-electron chi connectivity index (χ3n) is 3.00. The summed E-state index contributed by atoms with van der Waals surface area (Å²) in [6.07, 6.45) is 2.60. The highest BCUT2D eigenvalue weighted by atomic mass is 35.5. The van der Waals surface area contributed by atoms with Crippen LogP contribution in [0.5, 0.6) is 11.5 Å². The highest BCUT2D eigenvalue weighted by Crippen LogP contribution is 2.22. The first-order chi connectivity index (χ1) is 10.7. The van der Waals surface area contributed by atoms with E-state index < -0.39 is 0 Å². The second kappa shape index (κ2) is 8.11. The molecule has 0 aliphatic heterocycles. The third-order valence-corrected chi connectivity index (χ3v) is 3.23. The van der Waals surface area contributed by atoms with Gasteiger partial charge in [-0.2, -0.15) is 5.26 Å². The molecular formula is C18H16ClNO2. The molecule has 0 atom stereocenters. The van der Waals surface area contributed by atoms with Crippen molar-refractivity contribution in [2.75, 3.05) is 13.2 Å². The average molecular weight is 314 g/mol. The summed E-state index contributed by atoms with van der Waals surface area (Å²) in [5.74, 6) is 1.33. The summed E-state index contributed by atoms with van der Waals surface area (Å²) in [6.45, 7) is 4.47. The summed E-state index contributed by atoms with van der Waals surface area (Å²) in [5, 5.41) is 9.56. The van der Waals surface area contributed by atoms with Gasteiger partial charge in [-0.3, -0.25) is 0 Å². The minimum atomic E-state index is 0.346. The van der Waals surface area contributed by atoms with E-state index in [0.717, 1.165) is 17.7 Å². The molecule has 0 radical (unpaired) electrons. The van der Waals surface area contributed by atoms with E-state index in [1.165, 1.54) is 0 Å². The molecule has 2 aromatic carbocycles. The number of hydrogen-bond acceptors (Lipinski definition) is 3. The van der Waals surface area contributed by atoms with Gasteiger partial charge in [-0.05, 0) is 36.2 Å². The second-order valence-electron chi connectivity index (χ2n) is 4.55. The largest absolute Gasteiger partial charge is 0.490 e. The number of benzene rings is 2. The average Bonchev–Trinajstić information content (AvgIpc) is 2.54. The maximum absolute atomic E-state index is 9.04. The molecule has 112 valence electrons. The van der Waals surface area contributed by atoms with Gasteiger partial charge in [0.05, 0.1) is 5.56 Å². The monoisotopic (exact) mass is 313 g/mol. The zero-order chi connectivity index (χ0) is 15.8. The smallest absolute Gasteiger partial charge is 0.137 e. The summed E-state index contributed by atoms with van der Waals surface area (Å²) in [6, 6.07) is 14.8. The number of nitriles is 1. The first kappa shape index (κ1) is 15.9. The Balaban J connectivity index is 1.90. The third kappa shape index (κ3) is 4.28. The molecule has 0 aromatic heterocycles. The van der Waals surface area contributed by atoms with Crippen LogP contribution in [-0.4, -0.2) is 13.2 Å². The molecule has 2 rings (SSSR count). The lowest BCUT2D eigenvalue weighted by atomic mass is 10.1. The van der Waals surface area contributed by atoms with Gasteiger partial charge in [0.15, 0.2) is 0 Å². The molecule has 4 heteroatoms. The minimum Gasteiger partial charge on any atom is -0.490 e. The molecule has 2 aromatic rings. The topological polar surface area (TPSA) is 42.2 Å². The molecule has 0 bridgehead atoms. The van der Waals surface area contributed by atoms with Gasteiger partial charge in [0.1, 0.15) is 30.8 Å². The van der Waals surface area contributed by atoms with Crippen LogP contribution in [0.4, 0.5) is 0 Å². The number of hydrogen-bond donors (Lipinski definition) is 0. The molecule has 22 heavy (non-hydrogen) atoms. The Bertz CT molecular complexity index is 692. The fraction of sp³-hybridized carbons (Fsp3) is 0.167. The van der Waals surface area contributed by atoms with Crippen LogP contribution in [0.2, 0.25) is 5.02 Å². The van der Waals surface area contributed by atoms with Gasteiger partial charge in [-0.25, -0.2) is 0 Å². The second-order valence-corrected chi connectivity index (χ2v) is 4.99. The SMILES string of the molecule is C=CCc1ccccc1OCCOc1ccc(Cl)cc1C#N. The Kier molecular flexibility index (Phi) is 5.88. The molecule has 0 saturated carbocycles. The predicted molar refractivity (Wildman–Crippen MR) is 87.5 cm³/mol. The zero-order valence-electron chi connectivity index (χ0n) is 12.1. The van der Waals surface area contributed by atoms with Crippen LogP contribution in [0, 0.1) is 11.3 Å². The Morgan fingerprint density at radius 3 is 2.55 bits per heavy atom. The lowest BCUT2D eigenvalue weighted by Gasteiger charge is -2.12. The summed E-state index contributed by atoms with van der Waals surface area (Å²) in [5.41, 5.74) is 1.50. The van der Waals surface area contributed by atoms with Crippen LogP contribution in [0.15, 0.2) is 55.1 Å². The Morgan fingerprint density at radius 2 is 1.82 bits per heavy atom. The van der Waals surface area contributed by atoms with Gasteiger partial charge in [0.2, 0.25) is 0 Å². The Hall–Kier alpha value is -2.44. The number of para-hydroxylation sites is 1. The van der Waals surface area contributed by atoms with Crippen molar-refractivity contribution in [1.82, 2.24) is 0 Å². The summed E-state index contributed by atoms with van der Waals surface area (Å²) >= 11 is 5.84. The van der Waals surface area contributed by atoms with Crippen molar-refractivity contribution < 1.29 is 9.47 Å². The van der Waals surface area contributed by atoms with Crippen LogP contribution < -0.4 is 9.47 Å². The summed E-state index contributed by atoms with van der Waals surface area (Å²) in [7, 11) is 0. The molecule has 0 aliphatic carbocycles. The van der Waals surface area contributed by atoms with E-state index in [1.807, 2.05) is 30.3 Å². The molecule has 0 amide bonds. The molecule has 0 spiro atoms. The Morgan fingerprint density at radius 1 is 1.09 bits per heavy atom. The van der Waals surface area contributed by atoms with Crippen molar-refractivity contribution in [3.8, 4) is 17.6 Å². The molecule has 0 fully saturated rings. The van der Waals surface area contributed by atoms with Crippen molar-refractivity contribution in [3.63, 3.8) is 0 Å². The van der Waals surface area contributed by atoms with Gasteiger partial charge in [-0.1, -0.05) is 35.9 Å². The van der Waals surface area contributed by atoms with Crippen molar-refractivity contribution >= 4 is 11.6 Å². The highest BCUT2D eigenvalue weighted by Gasteiger charge is 2.05. The normalized spacial score (nSPS) is 9.82. The van der Waals surface area contributed by atoms with E-state index in [4.69, 9.17) is 26.3 Å². The number of ether oxygens (including phenoxy) is 2. The van der Waals surface area contributed by atoms with E-state index in [9.17, 15) is 0 Å². The van der Waals surface area contributed by atoms with Crippen molar-refractivity contribution in [3.05, 3.63) is 71.3 Å². The molecule has 0 N–H and O–H groups in total. The highest BCUT2D eigenvalue weighted by molar-refractivity contribution is 6.30. The van der Waals surface area contributed by atoms with E-state index in [1.54, 1.807) is 18.2 Å². The van der Waals surface area contributed by atoms with Crippen molar-refractivity contribution in [1.29, 1.82) is 5.26 Å². The lowest BCUT2D eigenvalue weighted by Crippen LogP contribution is -2.10. The van der Waals surface area contributed by atoms with Crippen LogP contribution >= 0.6 is 11.6 Å². The first-order valence-electron chi connectivity index (χ1n) is 6.88. The van der Waals surface area contributed by atoms with E-state index in [-0.39, 0.29) is 0 Å². The number of allylic oxidation sites excluding steroid dienone is 1. The molecule has 3 nitrogen and oxygen atoms in total. The van der Waals surface area contributed by atoms with Crippen LogP contribution in [0.1, 0.15) is 11.1 Å². The standard InChI is InChI=1S/C18H16ClNO2/c1-2-5-14-6-3-4-7-17(14)21-10-11-22-18-9-8-16(19)12-15(18)13-20/h2-4,6-9,12H,1,5,10-11H2. The van der Waals surface area contributed by atoms with Gasteiger partial charge in [0, 0.05) is 5.02 Å². The Labute approximate surface area is 135 Å². The van der Waals surface area contributed by atoms with Gasteiger partial charge < -0.3 is 9.47 Å². The number of halogens is 1. The maximum atomic E-state index is 9.04. The maximum Gasteiger partial charge on any atom is 0.137 e. The fourth-order valence-electron chi connectivity index (χ4n) is 1.99. The lowest BCUT2D eigenvalue weighted by molar-refractivity contribution is 0.216. The van der Waals surface area contributed by atoms with E-state index >= 15 is 0 Å².